The smallest absolute Gasteiger partial charge is 0.322 e. The Labute approximate surface area is 138 Å². The van der Waals surface area contributed by atoms with E-state index in [4.69, 9.17) is 15.2 Å². The third-order valence-corrected chi connectivity index (χ3v) is 3.72. The molecule has 22 heavy (non-hydrogen) atoms. The summed E-state index contributed by atoms with van der Waals surface area (Å²) in [6.07, 6.45) is 2.79. The Morgan fingerprint density at radius 3 is 2.45 bits per heavy atom. The van der Waals surface area contributed by atoms with Crippen LogP contribution in [0.15, 0.2) is 30.3 Å². The summed E-state index contributed by atoms with van der Waals surface area (Å²) >= 11 is 0. The average Bonchev–Trinajstić information content (AvgIpc) is 3.28. The Balaban J connectivity index is 0.00000242. The lowest BCUT2D eigenvalue weighted by Gasteiger charge is -2.25. The number of hydrogen-bond acceptors (Lipinski definition) is 4. The van der Waals surface area contributed by atoms with E-state index in [0.29, 0.717) is 5.92 Å². The first kappa shape index (κ1) is 18.9. The van der Waals surface area contributed by atoms with Crippen LogP contribution in [0.1, 0.15) is 32.3 Å². The van der Waals surface area contributed by atoms with Crippen molar-refractivity contribution in [1.82, 2.24) is 0 Å². The summed E-state index contributed by atoms with van der Waals surface area (Å²) in [5, 5.41) is 0. The van der Waals surface area contributed by atoms with Crippen LogP contribution in [-0.2, 0) is 20.7 Å². The summed E-state index contributed by atoms with van der Waals surface area (Å²) in [6, 6.07) is 9.52. The molecular formula is C17H26ClNO3. The minimum atomic E-state index is -0.603. The summed E-state index contributed by atoms with van der Waals surface area (Å²) in [5.41, 5.74) is 6.74. The van der Waals surface area contributed by atoms with Crippen molar-refractivity contribution in [2.24, 2.45) is 11.7 Å². The SMILES string of the molecule is C[C@H](N)C(=O)O[C@@H](C)[C@@H](Cc1ccccc1)OCC1CC1.Cl. The van der Waals surface area contributed by atoms with Crippen molar-refractivity contribution < 1.29 is 14.3 Å². The molecule has 0 amide bonds. The summed E-state index contributed by atoms with van der Waals surface area (Å²) in [7, 11) is 0. The van der Waals surface area contributed by atoms with Gasteiger partial charge in [0.15, 0.2) is 0 Å². The lowest BCUT2D eigenvalue weighted by Crippen LogP contribution is -2.38. The second-order valence-electron chi connectivity index (χ2n) is 5.94. The van der Waals surface area contributed by atoms with Crippen molar-refractivity contribution in [3.8, 4) is 0 Å². The molecule has 1 saturated carbocycles. The van der Waals surface area contributed by atoms with Crippen molar-refractivity contribution in [3.63, 3.8) is 0 Å². The highest BCUT2D eigenvalue weighted by atomic mass is 35.5. The molecular weight excluding hydrogens is 302 g/mol. The zero-order valence-electron chi connectivity index (χ0n) is 13.2. The molecule has 0 spiro atoms. The van der Waals surface area contributed by atoms with Gasteiger partial charge in [0.1, 0.15) is 12.1 Å². The van der Waals surface area contributed by atoms with Gasteiger partial charge in [-0.1, -0.05) is 30.3 Å². The Morgan fingerprint density at radius 1 is 1.27 bits per heavy atom. The third kappa shape index (κ3) is 6.34. The number of rotatable bonds is 8. The summed E-state index contributed by atoms with van der Waals surface area (Å²) in [6.45, 7) is 4.25. The molecule has 1 aromatic rings. The van der Waals surface area contributed by atoms with Crippen LogP contribution in [0.3, 0.4) is 0 Å². The van der Waals surface area contributed by atoms with Gasteiger partial charge in [0.2, 0.25) is 0 Å². The topological polar surface area (TPSA) is 61.6 Å². The molecule has 2 rings (SSSR count). The molecule has 1 fully saturated rings. The Bertz CT molecular complexity index is 448. The van der Waals surface area contributed by atoms with Gasteiger partial charge in [0.25, 0.3) is 0 Å². The van der Waals surface area contributed by atoms with Crippen LogP contribution in [0.25, 0.3) is 0 Å². The molecule has 5 heteroatoms. The molecule has 2 N–H and O–H groups in total. The number of halogens is 1. The van der Waals surface area contributed by atoms with Crippen LogP contribution < -0.4 is 5.73 Å². The first-order valence-electron chi connectivity index (χ1n) is 7.68. The van der Waals surface area contributed by atoms with Crippen LogP contribution in [0.4, 0.5) is 0 Å². The van der Waals surface area contributed by atoms with Gasteiger partial charge >= 0.3 is 5.97 Å². The van der Waals surface area contributed by atoms with Crippen molar-refractivity contribution in [2.45, 2.75) is 51.4 Å². The average molecular weight is 328 g/mol. The van der Waals surface area contributed by atoms with E-state index in [-0.39, 0.29) is 30.6 Å². The number of nitrogens with two attached hydrogens (primary N) is 1. The van der Waals surface area contributed by atoms with Crippen LogP contribution in [0, 0.1) is 5.92 Å². The minimum absolute atomic E-state index is 0. The van der Waals surface area contributed by atoms with Gasteiger partial charge in [-0.3, -0.25) is 4.79 Å². The maximum Gasteiger partial charge on any atom is 0.322 e. The Morgan fingerprint density at radius 2 is 1.91 bits per heavy atom. The molecule has 0 saturated heterocycles. The maximum atomic E-state index is 11.7. The van der Waals surface area contributed by atoms with Crippen molar-refractivity contribution in [3.05, 3.63) is 35.9 Å². The van der Waals surface area contributed by atoms with Gasteiger partial charge in [-0.2, -0.15) is 0 Å². The predicted molar refractivity (Wildman–Crippen MR) is 89.1 cm³/mol. The van der Waals surface area contributed by atoms with E-state index in [9.17, 15) is 4.79 Å². The highest BCUT2D eigenvalue weighted by Gasteiger charge is 2.27. The molecule has 0 heterocycles. The summed E-state index contributed by atoms with van der Waals surface area (Å²) in [4.78, 5) is 11.7. The van der Waals surface area contributed by atoms with Gasteiger partial charge < -0.3 is 15.2 Å². The van der Waals surface area contributed by atoms with Gasteiger partial charge in [-0.15, -0.1) is 12.4 Å². The monoisotopic (exact) mass is 327 g/mol. The van der Waals surface area contributed by atoms with Gasteiger partial charge in [0, 0.05) is 13.0 Å². The Hall–Kier alpha value is -1.10. The predicted octanol–water partition coefficient (Wildman–Crippen LogP) is 2.73. The maximum absolute atomic E-state index is 11.7. The minimum Gasteiger partial charge on any atom is -0.459 e. The van der Waals surface area contributed by atoms with Crippen LogP contribution in [0.2, 0.25) is 0 Å². The highest BCUT2D eigenvalue weighted by Crippen LogP contribution is 2.30. The number of esters is 1. The second-order valence-corrected chi connectivity index (χ2v) is 5.94. The van der Waals surface area contributed by atoms with Crippen LogP contribution >= 0.6 is 12.4 Å². The lowest BCUT2D eigenvalue weighted by atomic mass is 10.0. The molecule has 1 aliphatic carbocycles. The van der Waals surface area contributed by atoms with Crippen LogP contribution in [-0.4, -0.2) is 30.8 Å². The van der Waals surface area contributed by atoms with Gasteiger partial charge in [-0.05, 0) is 38.2 Å². The molecule has 3 atom stereocenters. The number of carbonyl (C=O) groups is 1. The Kier molecular flexibility index (Phi) is 7.87. The van der Waals surface area contributed by atoms with E-state index >= 15 is 0 Å². The number of hydrogen-bond donors (Lipinski definition) is 1. The van der Waals surface area contributed by atoms with E-state index in [1.165, 1.54) is 18.4 Å². The lowest BCUT2D eigenvalue weighted by molar-refractivity contribution is -0.157. The van der Waals surface area contributed by atoms with E-state index in [2.05, 4.69) is 12.1 Å². The van der Waals surface area contributed by atoms with E-state index in [0.717, 1.165) is 13.0 Å². The van der Waals surface area contributed by atoms with Crippen molar-refractivity contribution in [1.29, 1.82) is 0 Å². The second kappa shape index (κ2) is 9.13. The molecule has 0 aliphatic heterocycles. The molecule has 0 bridgehead atoms. The van der Waals surface area contributed by atoms with E-state index in [1.54, 1.807) is 6.92 Å². The standard InChI is InChI=1S/C17H25NO3.ClH/c1-12(18)17(19)21-13(2)16(20-11-15-8-9-15)10-14-6-4-3-5-7-14;/h3-7,12-13,15-16H,8-11,18H2,1-2H3;1H/t12-,13-,16+;/m0./s1. The first-order valence-corrected chi connectivity index (χ1v) is 7.68. The van der Waals surface area contributed by atoms with Crippen molar-refractivity contribution in [2.75, 3.05) is 6.61 Å². The van der Waals surface area contributed by atoms with E-state index < -0.39 is 6.04 Å². The fraction of sp³-hybridized carbons (Fsp3) is 0.588. The number of benzene rings is 1. The quantitative estimate of drug-likeness (QED) is 0.746. The highest BCUT2D eigenvalue weighted by molar-refractivity contribution is 5.85. The molecule has 1 aliphatic rings. The zero-order chi connectivity index (χ0) is 15.2. The molecule has 0 radical (unpaired) electrons. The molecule has 124 valence electrons. The van der Waals surface area contributed by atoms with Crippen molar-refractivity contribution >= 4 is 18.4 Å². The zero-order valence-corrected chi connectivity index (χ0v) is 14.1. The fourth-order valence-electron chi connectivity index (χ4n) is 2.12. The number of ether oxygens (including phenoxy) is 2. The molecule has 4 nitrogen and oxygen atoms in total. The van der Waals surface area contributed by atoms with Gasteiger partial charge in [-0.25, -0.2) is 0 Å². The molecule has 0 unspecified atom stereocenters. The van der Waals surface area contributed by atoms with E-state index in [1.807, 2.05) is 25.1 Å². The largest absolute Gasteiger partial charge is 0.459 e. The third-order valence-electron chi connectivity index (χ3n) is 3.72. The molecule has 1 aromatic carbocycles. The fourth-order valence-corrected chi connectivity index (χ4v) is 2.12. The summed E-state index contributed by atoms with van der Waals surface area (Å²) < 4.78 is 11.4. The van der Waals surface area contributed by atoms with Crippen LogP contribution in [0.5, 0.6) is 0 Å². The first-order chi connectivity index (χ1) is 10.1. The van der Waals surface area contributed by atoms with Gasteiger partial charge in [0.05, 0.1) is 6.10 Å². The normalized spacial score (nSPS) is 18.0. The number of carbonyl (C=O) groups excluding carboxylic acids is 1. The molecule has 0 aromatic heterocycles. The summed E-state index contributed by atoms with van der Waals surface area (Å²) in [5.74, 6) is 0.301.